The second kappa shape index (κ2) is 5.25. The number of carbonyl (C=O) groups is 1. The van der Waals surface area contributed by atoms with Gasteiger partial charge in [-0.05, 0) is 22.9 Å². The molecule has 0 aliphatic rings. The molecule has 104 valence electrons. The number of hydrogen-bond donors (Lipinski definition) is 1. The number of hydrogen-bond acceptors (Lipinski definition) is 3. The Balaban J connectivity index is 2.18. The van der Waals surface area contributed by atoms with Gasteiger partial charge in [-0.2, -0.15) is 0 Å². The van der Waals surface area contributed by atoms with Crippen LogP contribution in [0.2, 0.25) is 0 Å². The van der Waals surface area contributed by atoms with Gasteiger partial charge < -0.3 is 9.72 Å². The highest BCUT2D eigenvalue weighted by Gasteiger charge is 2.12. The third kappa shape index (κ3) is 2.31. The smallest absolute Gasteiger partial charge is 0.343 e. The minimum absolute atomic E-state index is 0.00138. The first-order valence-electron chi connectivity index (χ1n) is 6.50. The Labute approximate surface area is 121 Å². The number of ether oxygens (including phenoxy) is 1. The minimum Gasteiger partial charge on any atom is -0.465 e. The molecule has 3 aromatic rings. The molecule has 21 heavy (non-hydrogen) atoms. The molecule has 0 fully saturated rings. The van der Waals surface area contributed by atoms with E-state index in [-0.39, 0.29) is 5.56 Å². The average molecular weight is 279 g/mol. The normalized spacial score (nSPS) is 10.5. The van der Waals surface area contributed by atoms with Gasteiger partial charge in [0.05, 0.1) is 7.11 Å². The largest absolute Gasteiger partial charge is 0.465 e. The Bertz CT molecular complexity index is 875. The topological polar surface area (TPSA) is 59.2 Å². The summed E-state index contributed by atoms with van der Waals surface area (Å²) in [6.45, 7) is 0. The Kier molecular flexibility index (Phi) is 3.28. The van der Waals surface area contributed by atoms with E-state index in [1.54, 1.807) is 6.07 Å². The lowest BCUT2D eigenvalue weighted by atomic mass is 10.0. The molecular weight excluding hydrogens is 266 g/mol. The van der Waals surface area contributed by atoms with Crippen LogP contribution in [0.25, 0.3) is 22.0 Å². The predicted molar refractivity (Wildman–Crippen MR) is 81.3 cm³/mol. The summed E-state index contributed by atoms with van der Waals surface area (Å²) in [4.78, 5) is 26.2. The lowest BCUT2D eigenvalue weighted by Gasteiger charge is -2.07. The molecule has 4 heteroatoms. The molecule has 0 amide bonds. The maximum atomic E-state index is 12.0. The van der Waals surface area contributed by atoms with Crippen molar-refractivity contribution < 1.29 is 9.53 Å². The molecule has 3 rings (SSSR count). The summed E-state index contributed by atoms with van der Waals surface area (Å²) in [6.07, 6.45) is 0. The van der Waals surface area contributed by atoms with E-state index in [2.05, 4.69) is 9.72 Å². The molecule has 0 spiro atoms. The van der Waals surface area contributed by atoms with E-state index < -0.39 is 11.5 Å². The van der Waals surface area contributed by atoms with E-state index in [0.29, 0.717) is 5.69 Å². The molecule has 0 unspecified atom stereocenters. The fraction of sp³-hybridized carbons (Fsp3) is 0.0588. The first-order chi connectivity index (χ1) is 10.2. The van der Waals surface area contributed by atoms with Gasteiger partial charge >= 0.3 is 5.97 Å². The first kappa shape index (κ1) is 13.1. The molecule has 0 saturated carbocycles. The fourth-order valence-electron chi connectivity index (χ4n) is 2.36. The number of benzene rings is 2. The standard InChI is InChI=1S/C17H13NO3/c1-21-17(20)14-9-10-15(18-16(14)19)13-8-4-6-11-5-2-3-7-12(11)13/h2-10H,1H3,(H,18,19). The van der Waals surface area contributed by atoms with Gasteiger partial charge in [-0.1, -0.05) is 42.5 Å². The number of aromatic amines is 1. The number of carbonyl (C=O) groups excluding carboxylic acids is 1. The Hall–Kier alpha value is -2.88. The van der Waals surface area contributed by atoms with E-state index >= 15 is 0 Å². The summed E-state index contributed by atoms with van der Waals surface area (Å²) in [7, 11) is 1.25. The van der Waals surface area contributed by atoms with E-state index in [4.69, 9.17) is 0 Å². The summed E-state index contributed by atoms with van der Waals surface area (Å²) in [6, 6.07) is 17.0. The highest BCUT2D eigenvalue weighted by Crippen LogP contribution is 2.26. The SMILES string of the molecule is COC(=O)c1ccc(-c2cccc3ccccc23)[nH]c1=O. The Morgan fingerprint density at radius 1 is 1.00 bits per heavy atom. The third-order valence-corrected chi connectivity index (χ3v) is 3.39. The van der Waals surface area contributed by atoms with E-state index in [1.807, 2.05) is 42.5 Å². The second-order valence-electron chi connectivity index (χ2n) is 4.63. The van der Waals surface area contributed by atoms with Crippen molar-refractivity contribution in [3.05, 3.63) is 70.5 Å². The van der Waals surface area contributed by atoms with Crippen LogP contribution in [0, 0.1) is 0 Å². The highest BCUT2D eigenvalue weighted by atomic mass is 16.5. The number of fused-ring (bicyclic) bond motifs is 1. The van der Waals surface area contributed by atoms with Crippen LogP contribution < -0.4 is 5.56 Å². The predicted octanol–water partition coefficient (Wildman–Crippen LogP) is 2.98. The van der Waals surface area contributed by atoms with Crippen LogP contribution in [-0.2, 0) is 4.74 Å². The van der Waals surface area contributed by atoms with Crippen LogP contribution in [0.5, 0.6) is 0 Å². The van der Waals surface area contributed by atoms with Crippen LogP contribution in [0.15, 0.2) is 59.4 Å². The Morgan fingerprint density at radius 2 is 1.76 bits per heavy atom. The maximum Gasteiger partial charge on any atom is 0.343 e. The molecule has 1 N–H and O–H groups in total. The van der Waals surface area contributed by atoms with Gasteiger partial charge in [0.2, 0.25) is 0 Å². The zero-order valence-corrected chi connectivity index (χ0v) is 11.4. The third-order valence-electron chi connectivity index (χ3n) is 3.39. The van der Waals surface area contributed by atoms with Gasteiger partial charge in [-0.25, -0.2) is 4.79 Å². The number of aromatic nitrogens is 1. The molecular formula is C17H13NO3. The van der Waals surface area contributed by atoms with Crippen LogP contribution >= 0.6 is 0 Å². The van der Waals surface area contributed by atoms with Gasteiger partial charge in [0, 0.05) is 11.3 Å². The van der Waals surface area contributed by atoms with Crippen molar-refractivity contribution in [2.24, 2.45) is 0 Å². The summed E-state index contributed by atoms with van der Waals surface area (Å²) >= 11 is 0. The van der Waals surface area contributed by atoms with Gasteiger partial charge in [0.1, 0.15) is 5.56 Å². The van der Waals surface area contributed by atoms with Crippen molar-refractivity contribution in [3.63, 3.8) is 0 Å². The van der Waals surface area contributed by atoms with E-state index in [0.717, 1.165) is 16.3 Å². The van der Waals surface area contributed by atoms with Gasteiger partial charge in [-0.3, -0.25) is 4.79 Å². The number of nitrogens with one attached hydrogen (secondary N) is 1. The van der Waals surface area contributed by atoms with Crippen molar-refractivity contribution >= 4 is 16.7 Å². The molecule has 1 aromatic heterocycles. The van der Waals surface area contributed by atoms with Crippen molar-refractivity contribution in [1.29, 1.82) is 0 Å². The number of esters is 1. The quantitative estimate of drug-likeness (QED) is 0.734. The molecule has 0 aliphatic carbocycles. The molecule has 1 heterocycles. The zero-order valence-electron chi connectivity index (χ0n) is 11.4. The monoisotopic (exact) mass is 279 g/mol. The summed E-state index contributed by atoms with van der Waals surface area (Å²) in [5, 5.41) is 2.13. The van der Waals surface area contributed by atoms with E-state index in [1.165, 1.54) is 13.2 Å². The number of rotatable bonds is 2. The first-order valence-corrected chi connectivity index (χ1v) is 6.50. The Morgan fingerprint density at radius 3 is 2.52 bits per heavy atom. The minimum atomic E-state index is -0.638. The van der Waals surface area contributed by atoms with Crippen LogP contribution in [0.1, 0.15) is 10.4 Å². The van der Waals surface area contributed by atoms with E-state index in [9.17, 15) is 9.59 Å². The van der Waals surface area contributed by atoms with Crippen LogP contribution in [-0.4, -0.2) is 18.1 Å². The molecule has 0 bridgehead atoms. The summed E-state index contributed by atoms with van der Waals surface area (Å²) in [5.74, 6) is -0.638. The lowest BCUT2D eigenvalue weighted by molar-refractivity contribution is 0.0598. The van der Waals surface area contributed by atoms with Crippen molar-refractivity contribution in [1.82, 2.24) is 4.98 Å². The number of H-pyrrole nitrogens is 1. The van der Waals surface area contributed by atoms with Crippen molar-refractivity contribution in [2.45, 2.75) is 0 Å². The highest BCUT2D eigenvalue weighted by molar-refractivity contribution is 5.96. The van der Waals surface area contributed by atoms with Gasteiger partial charge in [-0.15, -0.1) is 0 Å². The molecule has 4 nitrogen and oxygen atoms in total. The molecule has 0 radical (unpaired) electrons. The molecule has 0 atom stereocenters. The maximum absolute atomic E-state index is 12.0. The average Bonchev–Trinajstić information content (AvgIpc) is 2.53. The summed E-state index contributed by atoms with van der Waals surface area (Å²) < 4.78 is 4.57. The second-order valence-corrected chi connectivity index (χ2v) is 4.63. The van der Waals surface area contributed by atoms with Gasteiger partial charge in [0.15, 0.2) is 0 Å². The molecule has 0 saturated heterocycles. The molecule has 0 aliphatic heterocycles. The number of pyridine rings is 1. The van der Waals surface area contributed by atoms with Crippen molar-refractivity contribution in [2.75, 3.05) is 7.11 Å². The molecule has 2 aromatic carbocycles. The summed E-state index contributed by atoms with van der Waals surface area (Å²) in [5.41, 5.74) is 1.14. The lowest BCUT2D eigenvalue weighted by Crippen LogP contribution is -2.18. The van der Waals surface area contributed by atoms with Crippen LogP contribution in [0.3, 0.4) is 0 Å². The fourth-order valence-corrected chi connectivity index (χ4v) is 2.36. The van der Waals surface area contributed by atoms with Gasteiger partial charge in [0.25, 0.3) is 5.56 Å². The van der Waals surface area contributed by atoms with Crippen LogP contribution in [0.4, 0.5) is 0 Å². The zero-order chi connectivity index (χ0) is 14.8. The van der Waals surface area contributed by atoms with Crippen molar-refractivity contribution in [3.8, 4) is 11.3 Å². The number of methoxy groups -OCH3 is 1.